The molecule has 1 aliphatic carbocycles. The summed E-state index contributed by atoms with van der Waals surface area (Å²) in [4.78, 5) is 25.2. The first-order valence-electron chi connectivity index (χ1n) is 10.5. The van der Waals surface area contributed by atoms with Gasteiger partial charge >= 0.3 is 5.97 Å². The van der Waals surface area contributed by atoms with E-state index in [9.17, 15) is 9.59 Å². The summed E-state index contributed by atoms with van der Waals surface area (Å²) in [5.41, 5.74) is 3.56. The Hall–Kier alpha value is -3.12. The zero-order chi connectivity index (χ0) is 23.0. The van der Waals surface area contributed by atoms with Crippen molar-refractivity contribution in [2.75, 3.05) is 12.4 Å². The molecule has 1 heterocycles. The molecule has 32 heavy (non-hydrogen) atoms. The highest BCUT2D eigenvalue weighted by molar-refractivity contribution is 6.30. The fraction of sp³-hybridized carbons (Fsp3) is 0.320. The maximum Gasteiger partial charge on any atom is 0.340 e. The summed E-state index contributed by atoms with van der Waals surface area (Å²) in [7, 11) is 1.34. The van der Waals surface area contributed by atoms with Crippen LogP contribution in [-0.2, 0) is 14.9 Å². The predicted molar refractivity (Wildman–Crippen MR) is 125 cm³/mol. The molecule has 1 amide bonds. The van der Waals surface area contributed by atoms with Crippen LogP contribution in [0.2, 0.25) is 5.02 Å². The van der Waals surface area contributed by atoms with Crippen molar-refractivity contribution in [3.05, 3.63) is 76.6 Å². The van der Waals surface area contributed by atoms with E-state index in [0.717, 1.165) is 17.5 Å². The molecule has 2 unspecified atom stereocenters. The molecule has 2 atom stereocenters. The molecule has 0 spiro atoms. The number of benzene rings is 2. The fourth-order valence-electron chi connectivity index (χ4n) is 3.73. The van der Waals surface area contributed by atoms with Gasteiger partial charge in [0.25, 0.3) is 0 Å². The summed E-state index contributed by atoms with van der Waals surface area (Å²) in [6, 6.07) is 12.8. The Morgan fingerprint density at radius 1 is 1.16 bits per heavy atom. The molecule has 1 fully saturated rings. The third-order valence-corrected chi connectivity index (χ3v) is 6.04. The number of hydrogen-bond donors (Lipinski definition) is 1. The fourth-order valence-corrected chi connectivity index (χ4v) is 3.85. The number of nitrogens with one attached hydrogen (secondary N) is 1. The number of carbonyl (C=O) groups excluding carboxylic acids is 2. The van der Waals surface area contributed by atoms with Crippen LogP contribution in [0.15, 0.2) is 54.9 Å². The quantitative estimate of drug-likeness (QED) is 0.530. The molecule has 0 saturated heterocycles. The molecule has 1 N–H and O–H groups in total. The van der Waals surface area contributed by atoms with Crippen molar-refractivity contribution in [2.24, 2.45) is 5.92 Å². The highest BCUT2D eigenvalue weighted by Gasteiger charge is 2.43. The van der Waals surface area contributed by atoms with Crippen molar-refractivity contribution in [1.29, 1.82) is 0 Å². The zero-order valence-corrected chi connectivity index (χ0v) is 19.3. The highest BCUT2D eigenvalue weighted by atomic mass is 35.5. The molecular formula is C25H26ClN3O3. The minimum Gasteiger partial charge on any atom is -0.465 e. The van der Waals surface area contributed by atoms with E-state index in [2.05, 4.69) is 31.2 Å². The van der Waals surface area contributed by atoms with Gasteiger partial charge in [-0.3, -0.25) is 4.79 Å². The average Bonchev–Trinajstić information content (AvgIpc) is 3.40. The van der Waals surface area contributed by atoms with Crippen LogP contribution in [0.1, 0.15) is 54.6 Å². The Kier molecular flexibility index (Phi) is 5.82. The van der Waals surface area contributed by atoms with Gasteiger partial charge in [0.2, 0.25) is 5.91 Å². The van der Waals surface area contributed by atoms with Gasteiger partial charge in [0.15, 0.2) is 0 Å². The molecule has 4 rings (SSSR count). The van der Waals surface area contributed by atoms with Gasteiger partial charge in [0, 0.05) is 22.8 Å². The lowest BCUT2D eigenvalue weighted by Crippen LogP contribution is -2.16. The van der Waals surface area contributed by atoms with Crippen LogP contribution in [0.25, 0.3) is 5.69 Å². The molecule has 1 aromatic heterocycles. The number of nitrogens with zero attached hydrogens (tertiary/aromatic N) is 2. The maximum absolute atomic E-state index is 12.8. The molecule has 6 nitrogen and oxygen atoms in total. The summed E-state index contributed by atoms with van der Waals surface area (Å²) in [5, 5.41) is 8.04. The van der Waals surface area contributed by atoms with Crippen LogP contribution in [0.5, 0.6) is 0 Å². The van der Waals surface area contributed by atoms with Crippen LogP contribution in [0.3, 0.4) is 0 Å². The SMILES string of the molecule is COC(=O)c1cc(NC(=O)C2CC2c2ccc(Cl)cc2)ccc1-n1cc(C(C)(C)C)cn1. The first-order chi connectivity index (χ1) is 15.2. The van der Waals surface area contributed by atoms with Crippen LogP contribution < -0.4 is 5.32 Å². The second-order valence-corrected chi connectivity index (χ2v) is 9.57. The molecule has 0 radical (unpaired) electrons. The Morgan fingerprint density at radius 3 is 2.50 bits per heavy atom. The van der Waals surface area contributed by atoms with E-state index in [1.807, 2.05) is 30.5 Å². The molecule has 1 saturated carbocycles. The Morgan fingerprint density at radius 2 is 1.88 bits per heavy atom. The number of methoxy groups -OCH3 is 1. The van der Waals surface area contributed by atoms with Crippen molar-refractivity contribution in [1.82, 2.24) is 9.78 Å². The standard InChI is InChI=1S/C25H26ClN3O3/c1-25(2,3)16-13-27-29(14-16)22-10-9-18(11-21(22)24(31)32-4)28-23(30)20-12-19(20)15-5-7-17(26)8-6-15/h5-11,13-14,19-20H,12H2,1-4H3,(H,28,30). The van der Waals surface area contributed by atoms with Gasteiger partial charge in [-0.1, -0.05) is 44.5 Å². The van der Waals surface area contributed by atoms with Gasteiger partial charge in [0.05, 0.1) is 24.6 Å². The maximum atomic E-state index is 12.8. The molecule has 0 bridgehead atoms. The molecule has 0 aliphatic heterocycles. The third kappa shape index (κ3) is 4.55. The first kappa shape index (κ1) is 22.1. The average molecular weight is 452 g/mol. The number of ether oxygens (including phenoxy) is 1. The van der Waals surface area contributed by atoms with E-state index in [1.165, 1.54) is 7.11 Å². The molecule has 2 aromatic carbocycles. The minimum absolute atomic E-state index is 0.0670. The van der Waals surface area contributed by atoms with E-state index >= 15 is 0 Å². The number of esters is 1. The lowest BCUT2D eigenvalue weighted by Gasteiger charge is -2.15. The van der Waals surface area contributed by atoms with Gasteiger partial charge < -0.3 is 10.1 Å². The topological polar surface area (TPSA) is 73.2 Å². The van der Waals surface area contributed by atoms with Crippen molar-refractivity contribution >= 4 is 29.2 Å². The highest BCUT2D eigenvalue weighted by Crippen LogP contribution is 2.48. The van der Waals surface area contributed by atoms with E-state index in [4.69, 9.17) is 16.3 Å². The van der Waals surface area contributed by atoms with E-state index < -0.39 is 5.97 Å². The van der Waals surface area contributed by atoms with Crippen LogP contribution in [0.4, 0.5) is 5.69 Å². The van der Waals surface area contributed by atoms with E-state index in [-0.39, 0.29) is 23.2 Å². The molecule has 3 aromatic rings. The third-order valence-electron chi connectivity index (χ3n) is 5.79. The Balaban J connectivity index is 1.54. The second-order valence-electron chi connectivity index (χ2n) is 9.14. The molecule has 1 aliphatic rings. The predicted octanol–water partition coefficient (Wildman–Crippen LogP) is 5.35. The summed E-state index contributed by atoms with van der Waals surface area (Å²) < 4.78 is 6.64. The van der Waals surface area contributed by atoms with Gasteiger partial charge in [-0.15, -0.1) is 0 Å². The summed E-state index contributed by atoms with van der Waals surface area (Å²) in [6.45, 7) is 6.30. The van der Waals surface area contributed by atoms with E-state index in [1.54, 1.807) is 29.1 Å². The van der Waals surface area contributed by atoms with Gasteiger partial charge in [-0.25, -0.2) is 9.48 Å². The van der Waals surface area contributed by atoms with Crippen LogP contribution >= 0.6 is 11.6 Å². The van der Waals surface area contributed by atoms with Crippen LogP contribution in [0, 0.1) is 5.92 Å². The van der Waals surface area contributed by atoms with Gasteiger partial charge in [-0.05, 0) is 59.2 Å². The minimum atomic E-state index is -0.491. The number of aromatic nitrogens is 2. The molecular weight excluding hydrogens is 426 g/mol. The number of carbonyl (C=O) groups is 2. The smallest absolute Gasteiger partial charge is 0.340 e. The molecule has 166 valence electrons. The first-order valence-corrected chi connectivity index (χ1v) is 10.9. The number of rotatable bonds is 5. The monoisotopic (exact) mass is 451 g/mol. The second kappa shape index (κ2) is 8.43. The largest absolute Gasteiger partial charge is 0.465 e. The normalized spacial score (nSPS) is 17.7. The number of hydrogen-bond acceptors (Lipinski definition) is 4. The number of anilines is 1. The van der Waals surface area contributed by atoms with Crippen molar-refractivity contribution in [3.63, 3.8) is 0 Å². The van der Waals surface area contributed by atoms with Crippen molar-refractivity contribution in [2.45, 2.75) is 38.5 Å². The lowest BCUT2D eigenvalue weighted by molar-refractivity contribution is -0.117. The summed E-state index contributed by atoms with van der Waals surface area (Å²) >= 11 is 5.95. The number of amides is 1. The molecule has 7 heteroatoms. The van der Waals surface area contributed by atoms with E-state index in [0.29, 0.717) is 22.0 Å². The van der Waals surface area contributed by atoms with Crippen molar-refractivity contribution in [3.8, 4) is 5.69 Å². The number of halogens is 1. The summed E-state index contributed by atoms with van der Waals surface area (Å²) in [6.07, 6.45) is 4.49. The zero-order valence-electron chi connectivity index (χ0n) is 18.6. The van der Waals surface area contributed by atoms with Crippen LogP contribution in [-0.4, -0.2) is 28.8 Å². The summed E-state index contributed by atoms with van der Waals surface area (Å²) in [5.74, 6) is -0.471. The Bertz CT molecular complexity index is 1160. The van der Waals surface area contributed by atoms with Gasteiger partial charge in [-0.2, -0.15) is 5.10 Å². The van der Waals surface area contributed by atoms with Crippen molar-refractivity contribution < 1.29 is 14.3 Å². The van der Waals surface area contributed by atoms with Gasteiger partial charge in [0.1, 0.15) is 0 Å². The lowest BCUT2D eigenvalue weighted by atomic mass is 9.90. The Labute approximate surface area is 192 Å².